The molecule has 0 unspecified atom stereocenters. The highest BCUT2D eigenvalue weighted by atomic mass is 35.5. The van der Waals surface area contributed by atoms with E-state index >= 15 is 0 Å². The summed E-state index contributed by atoms with van der Waals surface area (Å²) in [6.07, 6.45) is 1.75. The minimum absolute atomic E-state index is 0.691. The van der Waals surface area contributed by atoms with Gasteiger partial charge in [-0.2, -0.15) is 0 Å². The molecule has 0 radical (unpaired) electrons. The Balaban J connectivity index is 2.50. The fourth-order valence-corrected chi connectivity index (χ4v) is 1.54. The zero-order chi connectivity index (χ0) is 9.97. The molecule has 1 aromatic carbocycles. The molecule has 0 aliphatic rings. The van der Waals surface area contributed by atoms with Crippen LogP contribution in [0.15, 0.2) is 42.6 Å². The third-order valence-electron chi connectivity index (χ3n) is 2.08. The second-order valence-corrected chi connectivity index (χ2v) is 3.61. The number of nitrogens with zero attached hydrogens (tertiary/aromatic N) is 1. The first-order valence-corrected chi connectivity index (χ1v) is 4.83. The average molecular weight is 204 g/mol. The van der Waals surface area contributed by atoms with E-state index in [9.17, 15) is 0 Å². The van der Waals surface area contributed by atoms with Crippen LogP contribution in [0.3, 0.4) is 0 Å². The summed E-state index contributed by atoms with van der Waals surface area (Å²) in [6.45, 7) is 2.06. The van der Waals surface area contributed by atoms with Gasteiger partial charge in [0.1, 0.15) is 0 Å². The molecule has 0 amide bonds. The first kappa shape index (κ1) is 9.22. The quantitative estimate of drug-likeness (QED) is 0.689. The van der Waals surface area contributed by atoms with E-state index in [1.54, 1.807) is 6.20 Å². The Labute approximate surface area is 88.4 Å². The predicted molar refractivity (Wildman–Crippen MR) is 59.4 cm³/mol. The van der Waals surface area contributed by atoms with Crippen LogP contribution in [0.2, 0.25) is 5.02 Å². The lowest BCUT2D eigenvalue weighted by atomic mass is 10.1. The second kappa shape index (κ2) is 3.81. The molecule has 1 heterocycles. The first-order chi connectivity index (χ1) is 6.77. The van der Waals surface area contributed by atoms with Crippen LogP contribution in [0, 0.1) is 6.92 Å². The van der Waals surface area contributed by atoms with Gasteiger partial charge in [0, 0.05) is 11.8 Å². The second-order valence-electron chi connectivity index (χ2n) is 3.20. The first-order valence-electron chi connectivity index (χ1n) is 4.45. The number of halogens is 1. The van der Waals surface area contributed by atoms with Crippen molar-refractivity contribution in [3.63, 3.8) is 0 Å². The summed E-state index contributed by atoms with van der Waals surface area (Å²) < 4.78 is 0. The minimum Gasteiger partial charge on any atom is -0.255 e. The summed E-state index contributed by atoms with van der Waals surface area (Å²) in [4.78, 5) is 4.25. The number of aryl methyl sites for hydroxylation is 1. The molecule has 0 bridgehead atoms. The summed E-state index contributed by atoms with van der Waals surface area (Å²) in [5.41, 5.74) is 3.14. The van der Waals surface area contributed by atoms with E-state index in [1.807, 2.05) is 24.3 Å². The summed E-state index contributed by atoms with van der Waals surface area (Å²) in [7, 11) is 0. The number of hydrogen-bond acceptors (Lipinski definition) is 1. The van der Waals surface area contributed by atoms with Crippen molar-refractivity contribution in [1.29, 1.82) is 0 Å². The molecule has 0 fully saturated rings. The van der Waals surface area contributed by atoms with E-state index in [0.717, 1.165) is 11.3 Å². The topological polar surface area (TPSA) is 12.9 Å². The maximum Gasteiger partial charge on any atom is 0.0888 e. The van der Waals surface area contributed by atoms with Crippen LogP contribution in [0.25, 0.3) is 11.3 Å². The van der Waals surface area contributed by atoms with E-state index in [4.69, 9.17) is 11.6 Å². The maximum absolute atomic E-state index is 6.04. The fraction of sp³-hybridized carbons (Fsp3) is 0.0833. The van der Waals surface area contributed by atoms with Gasteiger partial charge in [0.15, 0.2) is 0 Å². The molecule has 70 valence electrons. The van der Waals surface area contributed by atoms with Crippen molar-refractivity contribution in [2.45, 2.75) is 6.92 Å². The van der Waals surface area contributed by atoms with Gasteiger partial charge in [-0.3, -0.25) is 4.98 Å². The normalized spacial score (nSPS) is 10.1. The van der Waals surface area contributed by atoms with Gasteiger partial charge < -0.3 is 0 Å². The number of rotatable bonds is 1. The highest BCUT2D eigenvalue weighted by Gasteiger charge is 2.02. The van der Waals surface area contributed by atoms with Gasteiger partial charge in [-0.15, -0.1) is 0 Å². The molecule has 2 heteroatoms. The number of pyridine rings is 1. The van der Waals surface area contributed by atoms with Crippen molar-refractivity contribution >= 4 is 11.6 Å². The standard InChI is InChI=1S/C12H10ClN/c1-9-4-6-10(7-5-9)12-11(13)3-2-8-14-12/h2-8H,1H3. The Kier molecular flexibility index (Phi) is 2.51. The molecule has 2 rings (SSSR count). The molecule has 0 spiro atoms. The third-order valence-corrected chi connectivity index (χ3v) is 2.39. The van der Waals surface area contributed by atoms with Gasteiger partial charge in [-0.05, 0) is 19.1 Å². The summed E-state index contributed by atoms with van der Waals surface area (Å²) in [5, 5.41) is 0.691. The molecule has 0 saturated carbocycles. The zero-order valence-electron chi connectivity index (χ0n) is 7.87. The lowest BCUT2D eigenvalue weighted by Gasteiger charge is -2.02. The van der Waals surface area contributed by atoms with E-state index in [1.165, 1.54) is 5.56 Å². The predicted octanol–water partition coefficient (Wildman–Crippen LogP) is 3.71. The van der Waals surface area contributed by atoms with Crippen molar-refractivity contribution in [1.82, 2.24) is 4.98 Å². The average Bonchev–Trinajstić information content (AvgIpc) is 2.20. The number of benzene rings is 1. The van der Waals surface area contributed by atoms with Crippen LogP contribution >= 0.6 is 11.6 Å². The molecule has 1 nitrogen and oxygen atoms in total. The molecule has 0 saturated heterocycles. The summed E-state index contributed by atoms with van der Waals surface area (Å²) in [6, 6.07) is 11.9. The zero-order valence-corrected chi connectivity index (χ0v) is 8.62. The van der Waals surface area contributed by atoms with Gasteiger partial charge in [-0.1, -0.05) is 41.4 Å². The third kappa shape index (κ3) is 1.78. The van der Waals surface area contributed by atoms with E-state index in [0.29, 0.717) is 5.02 Å². The van der Waals surface area contributed by atoms with Gasteiger partial charge in [-0.25, -0.2) is 0 Å². The van der Waals surface area contributed by atoms with Crippen LogP contribution < -0.4 is 0 Å². The Bertz CT molecular complexity index is 434. The van der Waals surface area contributed by atoms with Crippen molar-refractivity contribution in [3.8, 4) is 11.3 Å². The molecule has 14 heavy (non-hydrogen) atoms. The van der Waals surface area contributed by atoms with E-state index < -0.39 is 0 Å². The molecule has 2 aromatic rings. The van der Waals surface area contributed by atoms with Gasteiger partial charge >= 0.3 is 0 Å². The molecule has 1 aromatic heterocycles. The summed E-state index contributed by atoms with van der Waals surface area (Å²) >= 11 is 6.04. The van der Waals surface area contributed by atoms with Crippen molar-refractivity contribution in [3.05, 3.63) is 53.2 Å². The molecular weight excluding hydrogens is 194 g/mol. The summed E-state index contributed by atoms with van der Waals surface area (Å²) in [5.74, 6) is 0. The van der Waals surface area contributed by atoms with Crippen LogP contribution in [0.5, 0.6) is 0 Å². The molecular formula is C12H10ClN. The van der Waals surface area contributed by atoms with Crippen molar-refractivity contribution in [2.75, 3.05) is 0 Å². The van der Waals surface area contributed by atoms with E-state index in [-0.39, 0.29) is 0 Å². The molecule has 0 aliphatic carbocycles. The smallest absolute Gasteiger partial charge is 0.0888 e. The Morgan fingerprint density at radius 2 is 1.79 bits per heavy atom. The Morgan fingerprint density at radius 3 is 2.43 bits per heavy atom. The lowest BCUT2D eigenvalue weighted by Crippen LogP contribution is -1.83. The van der Waals surface area contributed by atoms with Crippen LogP contribution in [-0.4, -0.2) is 4.98 Å². The highest BCUT2D eigenvalue weighted by molar-refractivity contribution is 6.33. The lowest BCUT2D eigenvalue weighted by molar-refractivity contribution is 1.32. The van der Waals surface area contributed by atoms with Crippen molar-refractivity contribution in [2.24, 2.45) is 0 Å². The van der Waals surface area contributed by atoms with E-state index in [2.05, 4.69) is 24.0 Å². The van der Waals surface area contributed by atoms with Gasteiger partial charge in [0.05, 0.1) is 10.7 Å². The molecule has 0 aliphatic heterocycles. The van der Waals surface area contributed by atoms with Gasteiger partial charge in [0.2, 0.25) is 0 Å². The molecule has 0 N–H and O–H groups in total. The van der Waals surface area contributed by atoms with Crippen molar-refractivity contribution < 1.29 is 0 Å². The minimum atomic E-state index is 0.691. The van der Waals surface area contributed by atoms with Crippen LogP contribution in [0.4, 0.5) is 0 Å². The fourth-order valence-electron chi connectivity index (χ4n) is 1.31. The monoisotopic (exact) mass is 203 g/mol. The Morgan fingerprint density at radius 1 is 1.07 bits per heavy atom. The van der Waals surface area contributed by atoms with Gasteiger partial charge in [0.25, 0.3) is 0 Å². The van der Waals surface area contributed by atoms with Crippen LogP contribution in [0.1, 0.15) is 5.56 Å². The SMILES string of the molecule is Cc1ccc(-c2ncccc2Cl)cc1. The molecule has 0 atom stereocenters. The number of hydrogen-bond donors (Lipinski definition) is 0. The largest absolute Gasteiger partial charge is 0.255 e. The Hall–Kier alpha value is -1.34. The number of aromatic nitrogens is 1. The highest BCUT2D eigenvalue weighted by Crippen LogP contribution is 2.24. The maximum atomic E-state index is 6.04. The van der Waals surface area contributed by atoms with Crippen LogP contribution in [-0.2, 0) is 0 Å².